The maximum Gasteiger partial charge on any atom is 0.223 e. The normalized spacial score (nSPS) is 9.50. The van der Waals surface area contributed by atoms with Crippen molar-refractivity contribution in [1.29, 1.82) is 0 Å². The maximum absolute atomic E-state index is 5.11. The number of benzene rings is 1. The fourth-order valence-electron chi connectivity index (χ4n) is 1.24. The summed E-state index contributed by atoms with van der Waals surface area (Å²) in [7, 11) is 1.75. The Balaban J connectivity index is 0.000000134. The van der Waals surface area contributed by atoms with Crippen LogP contribution in [-0.2, 0) is 0 Å². The van der Waals surface area contributed by atoms with Crippen LogP contribution >= 0.6 is 0 Å². The van der Waals surface area contributed by atoms with E-state index in [2.05, 4.69) is 45.5 Å². The van der Waals surface area contributed by atoms with E-state index in [9.17, 15) is 0 Å². The van der Waals surface area contributed by atoms with E-state index in [-0.39, 0.29) is 0 Å². The van der Waals surface area contributed by atoms with Crippen LogP contribution in [0, 0.1) is 12.3 Å². The summed E-state index contributed by atoms with van der Waals surface area (Å²) < 4.78 is 0. The molecule has 3 rings (SSSR count). The highest BCUT2D eigenvalue weighted by atomic mass is 15.1. The Kier molecular flexibility index (Phi) is 2.84. The van der Waals surface area contributed by atoms with Crippen LogP contribution in [0.1, 0.15) is 5.69 Å². The molecule has 0 aromatic carbocycles. The summed E-state index contributed by atoms with van der Waals surface area (Å²) in [6, 6.07) is 10.2. The Morgan fingerprint density at radius 2 is 2.00 bits per heavy atom. The number of nitrogens with zero attached hydrogens (tertiary/aromatic N) is 2. The van der Waals surface area contributed by atoms with Crippen LogP contribution in [0.3, 0.4) is 0 Å². The molecular formula is C13H11N3. The third-order valence-electron chi connectivity index (χ3n) is 2.14. The summed E-state index contributed by atoms with van der Waals surface area (Å²) in [5, 5.41) is 2.78. The molecule has 3 nitrogen and oxygen atoms in total. The van der Waals surface area contributed by atoms with Crippen molar-refractivity contribution in [2.45, 2.75) is 0 Å². The molecule has 1 aromatic heterocycles. The van der Waals surface area contributed by atoms with Gasteiger partial charge in [0.05, 0.1) is 0 Å². The first-order valence-corrected chi connectivity index (χ1v) is 4.91. The van der Waals surface area contributed by atoms with Crippen LogP contribution in [0.25, 0.3) is 11.1 Å². The van der Waals surface area contributed by atoms with Gasteiger partial charge in [-0.25, -0.2) is 9.97 Å². The molecule has 16 heavy (non-hydrogen) atoms. The molecule has 1 N–H and O–H groups in total. The van der Waals surface area contributed by atoms with E-state index in [1.165, 1.54) is 11.1 Å². The minimum absolute atomic E-state index is 0.551. The van der Waals surface area contributed by atoms with Gasteiger partial charge in [0.2, 0.25) is 5.95 Å². The van der Waals surface area contributed by atoms with Crippen LogP contribution in [0.4, 0.5) is 5.95 Å². The average Bonchev–Trinajstić information content (AvgIpc) is 2.97. The molecule has 0 saturated carbocycles. The Hall–Kier alpha value is -2.34. The SMILES string of the molecule is C#Cc1ccnc(NC)n1.c1cc2cc-2c1. The Bertz CT molecular complexity index is 524. The van der Waals surface area contributed by atoms with Crippen LogP contribution in [0.2, 0.25) is 0 Å². The zero-order chi connectivity index (χ0) is 11.4. The third-order valence-corrected chi connectivity index (χ3v) is 2.14. The topological polar surface area (TPSA) is 37.8 Å². The van der Waals surface area contributed by atoms with Crippen molar-refractivity contribution >= 4 is 5.95 Å². The molecule has 0 bridgehead atoms. The van der Waals surface area contributed by atoms with Crippen molar-refractivity contribution in [3.63, 3.8) is 0 Å². The lowest BCUT2D eigenvalue weighted by molar-refractivity contribution is 1.13. The molecule has 0 atom stereocenters. The molecule has 0 saturated heterocycles. The maximum atomic E-state index is 5.11. The Morgan fingerprint density at radius 3 is 2.44 bits per heavy atom. The summed E-state index contributed by atoms with van der Waals surface area (Å²) in [6.45, 7) is 0. The largest absolute Gasteiger partial charge is 0.357 e. The van der Waals surface area contributed by atoms with E-state index in [1.807, 2.05) is 0 Å². The highest BCUT2D eigenvalue weighted by Gasteiger charge is 2.06. The van der Waals surface area contributed by atoms with Gasteiger partial charge in [0.25, 0.3) is 0 Å². The lowest BCUT2D eigenvalue weighted by Gasteiger charge is -1.95. The molecule has 0 radical (unpaired) electrons. The molecule has 78 valence electrons. The first kappa shape index (κ1) is 10.2. The predicted molar refractivity (Wildman–Crippen MR) is 64.9 cm³/mol. The molecule has 0 aliphatic heterocycles. The van der Waals surface area contributed by atoms with E-state index < -0.39 is 0 Å². The lowest BCUT2D eigenvalue weighted by atomic mass is 10.4. The molecule has 0 fully saturated rings. The van der Waals surface area contributed by atoms with Gasteiger partial charge in [-0.05, 0) is 23.3 Å². The van der Waals surface area contributed by atoms with Gasteiger partial charge in [0.1, 0.15) is 5.69 Å². The fourth-order valence-corrected chi connectivity index (χ4v) is 1.24. The fraction of sp³-hybridized carbons (Fsp3) is 0.0769. The smallest absolute Gasteiger partial charge is 0.223 e. The van der Waals surface area contributed by atoms with E-state index in [4.69, 9.17) is 6.42 Å². The van der Waals surface area contributed by atoms with Crippen molar-refractivity contribution in [3.05, 3.63) is 42.2 Å². The molecular weight excluding hydrogens is 198 g/mol. The van der Waals surface area contributed by atoms with Crippen molar-refractivity contribution in [2.24, 2.45) is 0 Å². The zero-order valence-corrected chi connectivity index (χ0v) is 8.94. The van der Waals surface area contributed by atoms with Crippen LogP contribution in [0.5, 0.6) is 0 Å². The van der Waals surface area contributed by atoms with Gasteiger partial charge < -0.3 is 5.32 Å². The number of nitrogens with one attached hydrogen (secondary N) is 1. The number of terminal acetylenes is 1. The molecule has 0 amide bonds. The molecule has 1 heterocycles. The van der Waals surface area contributed by atoms with E-state index in [0.29, 0.717) is 11.6 Å². The summed E-state index contributed by atoms with van der Waals surface area (Å²) in [5.74, 6) is 2.96. The highest BCUT2D eigenvalue weighted by molar-refractivity contribution is 5.80. The van der Waals surface area contributed by atoms with Gasteiger partial charge in [-0.3, -0.25) is 0 Å². The molecule has 1 aromatic rings. The first-order valence-electron chi connectivity index (χ1n) is 4.91. The number of anilines is 1. The van der Waals surface area contributed by atoms with Gasteiger partial charge in [-0.2, -0.15) is 0 Å². The van der Waals surface area contributed by atoms with Crippen LogP contribution < -0.4 is 5.32 Å². The van der Waals surface area contributed by atoms with Gasteiger partial charge in [0, 0.05) is 13.2 Å². The minimum atomic E-state index is 0.551. The predicted octanol–water partition coefficient (Wildman–Crippen LogP) is 2.17. The Morgan fingerprint density at radius 1 is 1.25 bits per heavy atom. The van der Waals surface area contributed by atoms with Gasteiger partial charge in [0.15, 0.2) is 0 Å². The Labute approximate surface area is 94.6 Å². The number of fused-ring (bicyclic) bond motifs is 1. The number of hydrogen-bond donors (Lipinski definition) is 1. The van der Waals surface area contributed by atoms with Crippen molar-refractivity contribution in [2.75, 3.05) is 12.4 Å². The summed E-state index contributed by atoms with van der Waals surface area (Å²) in [4.78, 5) is 7.84. The minimum Gasteiger partial charge on any atom is -0.357 e. The zero-order valence-electron chi connectivity index (χ0n) is 8.94. The van der Waals surface area contributed by atoms with Crippen LogP contribution in [0.15, 0.2) is 36.5 Å². The lowest BCUT2D eigenvalue weighted by Crippen LogP contribution is -1.96. The van der Waals surface area contributed by atoms with E-state index in [0.717, 1.165) is 0 Å². The molecule has 2 aliphatic rings. The van der Waals surface area contributed by atoms with Gasteiger partial charge in [-0.1, -0.05) is 24.1 Å². The molecule has 2 aliphatic carbocycles. The monoisotopic (exact) mass is 209 g/mol. The molecule has 3 heteroatoms. The quantitative estimate of drug-likeness (QED) is 0.624. The molecule has 0 unspecified atom stereocenters. The number of hydrogen-bond acceptors (Lipinski definition) is 3. The second-order valence-electron chi connectivity index (χ2n) is 3.24. The second kappa shape index (κ2) is 4.45. The van der Waals surface area contributed by atoms with E-state index in [1.54, 1.807) is 19.3 Å². The average molecular weight is 209 g/mol. The first-order chi connectivity index (χ1) is 7.83. The third kappa shape index (κ3) is 2.37. The van der Waals surface area contributed by atoms with Gasteiger partial charge >= 0.3 is 0 Å². The summed E-state index contributed by atoms with van der Waals surface area (Å²) in [5.41, 5.74) is 3.45. The van der Waals surface area contributed by atoms with Crippen LogP contribution in [-0.4, -0.2) is 17.0 Å². The van der Waals surface area contributed by atoms with Gasteiger partial charge in [-0.15, -0.1) is 6.42 Å². The second-order valence-corrected chi connectivity index (χ2v) is 3.24. The molecule has 0 spiro atoms. The number of rotatable bonds is 1. The highest BCUT2D eigenvalue weighted by Crippen LogP contribution is 2.32. The van der Waals surface area contributed by atoms with E-state index >= 15 is 0 Å². The summed E-state index contributed by atoms with van der Waals surface area (Å²) >= 11 is 0. The summed E-state index contributed by atoms with van der Waals surface area (Å²) in [6.07, 6.45) is 6.72. The van der Waals surface area contributed by atoms with Crippen molar-refractivity contribution in [1.82, 2.24) is 9.97 Å². The van der Waals surface area contributed by atoms with Crippen molar-refractivity contribution in [3.8, 4) is 23.5 Å². The van der Waals surface area contributed by atoms with Crippen molar-refractivity contribution < 1.29 is 0 Å². The standard InChI is InChI=1S/C7H7N3.C6H4/c1-3-6-4-5-9-7(8-2)10-6;1-2-5-4-6(5)3-1/h1,4-5H,2H3,(H,8,9,10);1-4H. The number of aromatic nitrogens is 2.